The number of anilines is 1. The van der Waals surface area contributed by atoms with Gasteiger partial charge in [-0.1, -0.05) is 12.1 Å². The molecule has 0 spiro atoms. The van der Waals surface area contributed by atoms with E-state index in [1.807, 2.05) is 36.4 Å². The van der Waals surface area contributed by atoms with Gasteiger partial charge in [-0.3, -0.25) is 5.32 Å². The van der Waals surface area contributed by atoms with Crippen LogP contribution in [0.3, 0.4) is 0 Å². The fourth-order valence-corrected chi connectivity index (χ4v) is 4.74. The van der Waals surface area contributed by atoms with Crippen LogP contribution >= 0.6 is 0 Å². The number of fused-ring (bicyclic) bond motifs is 1. The van der Waals surface area contributed by atoms with Gasteiger partial charge in [0.25, 0.3) is 0 Å². The lowest BCUT2D eigenvalue weighted by Gasteiger charge is -2.32. The van der Waals surface area contributed by atoms with Gasteiger partial charge in [-0.15, -0.1) is 0 Å². The summed E-state index contributed by atoms with van der Waals surface area (Å²) in [6.07, 6.45) is 0.478. The number of ether oxygens (including phenoxy) is 2. The lowest BCUT2D eigenvalue weighted by Crippen LogP contribution is -2.44. The summed E-state index contributed by atoms with van der Waals surface area (Å²) in [5.41, 5.74) is 3.88. The monoisotopic (exact) mass is 489 g/mol. The van der Waals surface area contributed by atoms with Crippen LogP contribution in [0.1, 0.15) is 25.8 Å². The average molecular weight is 490 g/mol. The van der Waals surface area contributed by atoms with E-state index in [2.05, 4.69) is 39.7 Å². The van der Waals surface area contributed by atoms with Gasteiger partial charge < -0.3 is 23.8 Å². The Morgan fingerprint density at radius 3 is 2.64 bits per heavy atom. The number of aryl methyl sites for hydroxylation is 1. The van der Waals surface area contributed by atoms with Crippen LogP contribution in [0.15, 0.2) is 42.5 Å². The number of hydrogen-bond donors (Lipinski definition) is 1. The number of piperazine rings is 1. The van der Waals surface area contributed by atoms with Crippen molar-refractivity contribution >= 4 is 22.7 Å². The Kier molecular flexibility index (Phi) is 8.47. The Morgan fingerprint density at radius 1 is 1.11 bits per heavy atom. The zero-order chi connectivity index (χ0) is 25.5. The summed E-state index contributed by atoms with van der Waals surface area (Å²) >= 11 is 0. The van der Waals surface area contributed by atoms with E-state index >= 15 is 0 Å². The molecule has 8 heteroatoms. The second-order valence-electron chi connectivity index (χ2n) is 9.03. The van der Waals surface area contributed by atoms with Gasteiger partial charge >= 0.3 is 6.09 Å². The third kappa shape index (κ3) is 5.81. The third-order valence-electron chi connectivity index (χ3n) is 6.61. The largest absolute Gasteiger partial charge is 0.493 e. The summed E-state index contributed by atoms with van der Waals surface area (Å²) in [4.78, 5) is 16.7. The number of likely N-dealkylation sites (N-methyl/N-ethyl adjacent to an activating group) is 1. The van der Waals surface area contributed by atoms with Gasteiger partial charge in [-0.2, -0.15) is 5.26 Å². The van der Waals surface area contributed by atoms with Gasteiger partial charge in [0.15, 0.2) is 0 Å². The number of rotatable bonds is 9. The lowest BCUT2D eigenvalue weighted by molar-refractivity contribution is 0.145. The minimum atomic E-state index is -0.499. The number of amides is 1. The number of benzene rings is 2. The number of nitriles is 1. The van der Waals surface area contributed by atoms with Crippen molar-refractivity contribution in [3.8, 4) is 23.1 Å². The highest BCUT2D eigenvalue weighted by Gasteiger charge is 2.19. The van der Waals surface area contributed by atoms with Crippen molar-refractivity contribution in [2.45, 2.75) is 26.8 Å². The maximum absolute atomic E-state index is 11.9. The molecule has 190 valence electrons. The van der Waals surface area contributed by atoms with Crippen LogP contribution in [0.4, 0.5) is 10.5 Å². The molecule has 0 atom stereocenters. The number of carbonyl (C=O) groups excluding carboxylic acids is 1. The van der Waals surface area contributed by atoms with Gasteiger partial charge in [0, 0.05) is 62.0 Å². The SMILES string of the molecule is CCOC(=O)Nc1cccc(-c2c(C#N)c3ccc(OCCCN4CCN(C)CC4)cc3n2CC)c1. The normalized spacial score (nSPS) is 14.5. The quantitative estimate of drug-likeness (QED) is 0.436. The van der Waals surface area contributed by atoms with E-state index < -0.39 is 6.09 Å². The van der Waals surface area contributed by atoms with Crippen molar-refractivity contribution in [1.29, 1.82) is 5.26 Å². The molecule has 8 nitrogen and oxygen atoms in total. The van der Waals surface area contributed by atoms with Crippen LogP contribution in [-0.4, -0.2) is 73.4 Å². The van der Waals surface area contributed by atoms with E-state index in [-0.39, 0.29) is 0 Å². The molecule has 2 heterocycles. The molecule has 1 N–H and O–H groups in total. The van der Waals surface area contributed by atoms with Crippen LogP contribution in [0, 0.1) is 11.3 Å². The van der Waals surface area contributed by atoms with E-state index in [0.717, 1.165) is 67.1 Å². The molecule has 0 radical (unpaired) electrons. The van der Waals surface area contributed by atoms with Crippen molar-refractivity contribution in [2.75, 3.05) is 58.3 Å². The van der Waals surface area contributed by atoms with E-state index in [0.29, 0.717) is 31.0 Å². The van der Waals surface area contributed by atoms with Crippen LogP contribution in [0.25, 0.3) is 22.2 Å². The first kappa shape index (κ1) is 25.5. The summed E-state index contributed by atoms with van der Waals surface area (Å²) < 4.78 is 13.2. The Morgan fingerprint density at radius 2 is 1.92 bits per heavy atom. The fraction of sp³-hybridized carbons (Fsp3) is 0.429. The van der Waals surface area contributed by atoms with Crippen LogP contribution in [0.5, 0.6) is 5.75 Å². The number of aromatic nitrogens is 1. The predicted octanol–water partition coefficient (Wildman–Crippen LogP) is 4.78. The average Bonchev–Trinajstić information content (AvgIpc) is 3.20. The molecule has 0 aliphatic carbocycles. The predicted molar refractivity (Wildman–Crippen MR) is 142 cm³/mol. The zero-order valence-corrected chi connectivity index (χ0v) is 21.4. The maximum Gasteiger partial charge on any atom is 0.411 e. The minimum absolute atomic E-state index is 0.300. The third-order valence-corrected chi connectivity index (χ3v) is 6.61. The minimum Gasteiger partial charge on any atom is -0.493 e. The molecule has 1 fully saturated rings. The van der Waals surface area contributed by atoms with E-state index in [1.54, 1.807) is 13.0 Å². The van der Waals surface area contributed by atoms with Crippen molar-refractivity contribution in [1.82, 2.24) is 14.4 Å². The molecule has 1 aliphatic heterocycles. The molecule has 0 unspecified atom stereocenters. The van der Waals surface area contributed by atoms with E-state index in [4.69, 9.17) is 9.47 Å². The van der Waals surface area contributed by atoms with Crippen LogP contribution < -0.4 is 10.1 Å². The molecule has 1 saturated heterocycles. The molecule has 0 saturated carbocycles. The first-order valence-electron chi connectivity index (χ1n) is 12.7. The lowest BCUT2D eigenvalue weighted by atomic mass is 10.1. The van der Waals surface area contributed by atoms with Gasteiger partial charge in [-0.05, 0) is 51.6 Å². The summed E-state index contributed by atoms with van der Waals surface area (Å²) in [5.74, 6) is 0.807. The first-order chi connectivity index (χ1) is 17.5. The van der Waals surface area contributed by atoms with E-state index in [1.165, 1.54) is 0 Å². The highest BCUT2D eigenvalue weighted by molar-refractivity contribution is 5.96. The summed E-state index contributed by atoms with van der Waals surface area (Å²) in [5, 5.41) is 13.7. The van der Waals surface area contributed by atoms with Crippen LogP contribution in [0.2, 0.25) is 0 Å². The molecule has 1 aliphatic rings. The number of nitrogens with one attached hydrogen (secondary N) is 1. The second-order valence-corrected chi connectivity index (χ2v) is 9.03. The molecule has 36 heavy (non-hydrogen) atoms. The van der Waals surface area contributed by atoms with Crippen molar-refractivity contribution < 1.29 is 14.3 Å². The van der Waals surface area contributed by atoms with Gasteiger partial charge in [0.2, 0.25) is 0 Å². The molecular weight excluding hydrogens is 454 g/mol. The smallest absolute Gasteiger partial charge is 0.411 e. The van der Waals surface area contributed by atoms with Crippen molar-refractivity contribution in [2.24, 2.45) is 0 Å². The van der Waals surface area contributed by atoms with Crippen LogP contribution in [-0.2, 0) is 11.3 Å². The number of nitrogens with zero attached hydrogens (tertiary/aromatic N) is 4. The molecule has 1 amide bonds. The molecule has 2 aromatic carbocycles. The van der Waals surface area contributed by atoms with Gasteiger partial charge in [0.05, 0.1) is 30.0 Å². The van der Waals surface area contributed by atoms with Crippen molar-refractivity contribution in [3.63, 3.8) is 0 Å². The number of hydrogen-bond acceptors (Lipinski definition) is 6. The Hall–Kier alpha value is -3.54. The molecule has 0 bridgehead atoms. The molecule has 4 rings (SSSR count). The summed E-state index contributed by atoms with van der Waals surface area (Å²) in [7, 11) is 2.17. The molecular formula is C28H35N5O3. The first-order valence-corrected chi connectivity index (χ1v) is 12.7. The standard InChI is InChI=1S/C28H35N5O3/c1-4-33-26-19-23(36-17-7-12-32-15-13-31(3)14-16-32)10-11-24(26)25(20-29)27(33)21-8-6-9-22(18-21)30-28(34)35-5-2/h6,8-11,18-19H,4-5,7,12-17H2,1-3H3,(H,30,34). The zero-order valence-electron chi connectivity index (χ0n) is 21.4. The van der Waals surface area contributed by atoms with Crippen molar-refractivity contribution in [3.05, 3.63) is 48.0 Å². The Balaban J connectivity index is 1.53. The summed E-state index contributed by atoms with van der Waals surface area (Å²) in [6.45, 7) is 11.0. The fourth-order valence-electron chi connectivity index (χ4n) is 4.74. The molecule has 3 aromatic rings. The maximum atomic E-state index is 11.9. The summed E-state index contributed by atoms with van der Waals surface area (Å²) in [6, 6.07) is 15.8. The highest BCUT2D eigenvalue weighted by Crippen LogP contribution is 2.36. The highest BCUT2D eigenvalue weighted by atomic mass is 16.5. The van der Waals surface area contributed by atoms with Gasteiger partial charge in [-0.25, -0.2) is 4.79 Å². The molecule has 1 aromatic heterocycles. The Bertz CT molecular complexity index is 1240. The van der Waals surface area contributed by atoms with Gasteiger partial charge in [0.1, 0.15) is 11.8 Å². The Labute approximate surface area is 213 Å². The topological polar surface area (TPSA) is 82.8 Å². The van der Waals surface area contributed by atoms with E-state index in [9.17, 15) is 10.1 Å². The number of carbonyl (C=O) groups is 1. The second kappa shape index (κ2) is 11.9.